The van der Waals surface area contributed by atoms with Gasteiger partial charge in [0, 0.05) is 22.8 Å². The number of methoxy groups -OCH3 is 2. The summed E-state index contributed by atoms with van der Waals surface area (Å²) in [6.07, 6.45) is 1.67. The molecule has 0 aliphatic heterocycles. The van der Waals surface area contributed by atoms with Gasteiger partial charge in [0.1, 0.15) is 28.1 Å². The van der Waals surface area contributed by atoms with E-state index in [-0.39, 0.29) is 0 Å². The molecular formula is C20H17N3O2S. The molecule has 26 heavy (non-hydrogen) atoms. The zero-order chi connectivity index (χ0) is 18.4. The van der Waals surface area contributed by atoms with Gasteiger partial charge in [0.05, 0.1) is 19.9 Å². The van der Waals surface area contributed by atoms with E-state index in [9.17, 15) is 5.26 Å². The molecule has 1 N–H and O–H groups in total. The monoisotopic (exact) mass is 363 g/mol. The van der Waals surface area contributed by atoms with Crippen LogP contribution in [0.1, 0.15) is 5.01 Å². The number of nitriles is 1. The second-order valence-electron chi connectivity index (χ2n) is 5.31. The molecule has 0 aliphatic carbocycles. The Morgan fingerprint density at radius 1 is 1.04 bits per heavy atom. The Bertz CT molecular complexity index is 938. The Hall–Kier alpha value is -3.30. The van der Waals surface area contributed by atoms with Gasteiger partial charge < -0.3 is 14.8 Å². The molecule has 0 fully saturated rings. The minimum absolute atomic E-state index is 0.477. The maximum absolute atomic E-state index is 9.46. The number of nitrogens with zero attached hydrogens (tertiary/aromatic N) is 2. The van der Waals surface area contributed by atoms with Crippen LogP contribution in [0.15, 0.2) is 60.1 Å². The summed E-state index contributed by atoms with van der Waals surface area (Å²) in [5.41, 5.74) is 3.16. The summed E-state index contributed by atoms with van der Waals surface area (Å²) in [6, 6.07) is 17.3. The SMILES string of the molecule is COc1ccc(N/C=C(\C#N)c2nc(-c3ccc(OC)cc3)cs2)cc1. The molecule has 130 valence electrons. The van der Waals surface area contributed by atoms with Crippen LogP contribution in [0.3, 0.4) is 0 Å². The number of thiazole rings is 1. The van der Waals surface area contributed by atoms with E-state index in [2.05, 4.69) is 16.4 Å². The van der Waals surface area contributed by atoms with Crippen molar-refractivity contribution in [1.29, 1.82) is 5.26 Å². The highest BCUT2D eigenvalue weighted by molar-refractivity contribution is 7.11. The summed E-state index contributed by atoms with van der Waals surface area (Å²) in [6.45, 7) is 0. The van der Waals surface area contributed by atoms with E-state index < -0.39 is 0 Å². The van der Waals surface area contributed by atoms with E-state index in [0.717, 1.165) is 28.4 Å². The van der Waals surface area contributed by atoms with Crippen LogP contribution in [0.4, 0.5) is 5.69 Å². The Labute approximate surface area is 156 Å². The van der Waals surface area contributed by atoms with Gasteiger partial charge in [-0.25, -0.2) is 4.98 Å². The highest BCUT2D eigenvalue weighted by Gasteiger charge is 2.09. The lowest BCUT2D eigenvalue weighted by atomic mass is 10.2. The van der Waals surface area contributed by atoms with Gasteiger partial charge >= 0.3 is 0 Å². The van der Waals surface area contributed by atoms with Crippen molar-refractivity contribution in [2.75, 3.05) is 19.5 Å². The molecule has 0 saturated heterocycles. The molecule has 0 atom stereocenters. The summed E-state index contributed by atoms with van der Waals surface area (Å²) in [5.74, 6) is 1.58. The first-order valence-corrected chi connectivity index (χ1v) is 8.72. The van der Waals surface area contributed by atoms with E-state index in [0.29, 0.717) is 10.6 Å². The van der Waals surface area contributed by atoms with Gasteiger partial charge in [-0.3, -0.25) is 0 Å². The predicted octanol–water partition coefficient (Wildman–Crippen LogP) is 4.80. The summed E-state index contributed by atoms with van der Waals surface area (Å²) < 4.78 is 10.3. The van der Waals surface area contributed by atoms with E-state index in [1.54, 1.807) is 20.4 Å². The smallest absolute Gasteiger partial charge is 0.136 e. The molecule has 6 heteroatoms. The van der Waals surface area contributed by atoms with E-state index in [1.807, 2.05) is 53.9 Å². The van der Waals surface area contributed by atoms with Crippen molar-refractivity contribution in [3.05, 3.63) is 65.1 Å². The second-order valence-corrected chi connectivity index (χ2v) is 6.17. The molecule has 0 radical (unpaired) electrons. The van der Waals surface area contributed by atoms with Gasteiger partial charge in [-0.2, -0.15) is 5.26 Å². The van der Waals surface area contributed by atoms with Crippen LogP contribution in [0, 0.1) is 11.3 Å². The van der Waals surface area contributed by atoms with Crippen molar-refractivity contribution in [1.82, 2.24) is 4.98 Å². The van der Waals surface area contributed by atoms with Crippen molar-refractivity contribution in [3.63, 3.8) is 0 Å². The maximum atomic E-state index is 9.46. The Morgan fingerprint density at radius 2 is 1.65 bits per heavy atom. The largest absolute Gasteiger partial charge is 0.497 e. The second kappa shape index (κ2) is 8.19. The fraction of sp³-hybridized carbons (Fsp3) is 0.100. The first-order valence-electron chi connectivity index (χ1n) is 7.84. The molecule has 0 spiro atoms. The minimum Gasteiger partial charge on any atom is -0.497 e. The van der Waals surface area contributed by atoms with Crippen LogP contribution in [0.25, 0.3) is 16.8 Å². The summed E-state index contributed by atoms with van der Waals surface area (Å²) in [4.78, 5) is 4.57. The third kappa shape index (κ3) is 4.02. The fourth-order valence-electron chi connectivity index (χ4n) is 2.28. The van der Waals surface area contributed by atoms with Crippen LogP contribution >= 0.6 is 11.3 Å². The minimum atomic E-state index is 0.477. The summed E-state index contributed by atoms with van der Waals surface area (Å²) >= 11 is 1.44. The average Bonchev–Trinajstić information content (AvgIpc) is 3.19. The summed E-state index contributed by atoms with van der Waals surface area (Å²) in [7, 11) is 3.26. The first kappa shape index (κ1) is 17.5. The third-order valence-corrected chi connectivity index (χ3v) is 4.59. The van der Waals surface area contributed by atoms with Crippen LogP contribution in [-0.4, -0.2) is 19.2 Å². The molecule has 1 heterocycles. The van der Waals surface area contributed by atoms with Crippen molar-refractivity contribution in [3.8, 4) is 28.8 Å². The molecule has 0 aliphatic rings. The lowest BCUT2D eigenvalue weighted by Crippen LogP contribution is -1.91. The fourth-order valence-corrected chi connectivity index (χ4v) is 3.07. The molecule has 0 bridgehead atoms. The zero-order valence-electron chi connectivity index (χ0n) is 14.4. The lowest BCUT2D eigenvalue weighted by molar-refractivity contribution is 0.415. The Morgan fingerprint density at radius 3 is 2.23 bits per heavy atom. The molecule has 1 aromatic heterocycles. The molecule has 0 amide bonds. The molecular weight excluding hydrogens is 346 g/mol. The number of rotatable bonds is 6. The number of benzene rings is 2. The zero-order valence-corrected chi connectivity index (χ0v) is 15.2. The Kier molecular flexibility index (Phi) is 5.52. The number of anilines is 1. The maximum Gasteiger partial charge on any atom is 0.136 e. The average molecular weight is 363 g/mol. The number of aromatic nitrogens is 1. The van der Waals surface area contributed by atoms with Crippen molar-refractivity contribution in [2.45, 2.75) is 0 Å². The van der Waals surface area contributed by atoms with Crippen LogP contribution in [0.2, 0.25) is 0 Å². The van der Waals surface area contributed by atoms with Crippen molar-refractivity contribution >= 4 is 22.6 Å². The number of nitrogens with one attached hydrogen (secondary N) is 1. The normalized spacial score (nSPS) is 10.9. The topological polar surface area (TPSA) is 67.2 Å². The number of ether oxygens (including phenoxy) is 2. The standard InChI is InChI=1S/C20H17N3O2S/c1-24-17-7-3-14(4-8-17)19-13-26-20(23-19)15(11-21)12-22-16-5-9-18(25-2)10-6-16/h3-10,12-13,22H,1-2H3/b15-12+. The van der Waals surface area contributed by atoms with Crippen molar-refractivity contribution < 1.29 is 9.47 Å². The molecule has 2 aromatic carbocycles. The van der Waals surface area contributed by atoms with Gasteiger partial charge in [-0.1, -0.05) is 0 Å². The number of hydrogen-bond acceptors (Lipinski definition) is 6. The molecule has 0 saturated carbocycles. The molecule has 3 aromatic rings. The van der Waals surface area contributed by atoms with Gasteiger partial charge in [0.25, 0.3) is 0 Å². The summed E-state index contributed by atoms with van der Waals surface area (Å²) in [5, 5.41) is 15.2. The van der Waals surface area contributed by atoms with Crippen LogP contribution < -0.4 is 14.8 Å². The Balaban J connectivity index is 1.77. The van der Waals surface area contributed by atoms with Gasteiger partial charge in [-0.15, -0.1) is 11.3 Å². The predicted molar refractivity (Wildman–Crippen MR) is 104 cm³/mol. The van der Waals surface area contributed by atoms with E-state index >= 15 is 0 Å². The molecule has 5 nitrogen and oxygen atoms in total. The van der Waals surface area contributed by atoms with Gasteiger partial charge in [0.15, 0.2) is 0 Å². The quantitative estimate of drug-likeness (QED) is 0.637. The lowest BCUT2D eigenvalue weighted by Gasteiger charge is -2.03. The number of hydrogen-bond donors (Lipinski definition) is 1. The first-order chi connectivity index (χ1) is 12.7. The van der Waals surface area contributed by atoms with Gasteiger partial charge in [-0.05, 0) is 48.5 Å². The van der Waals surface area contributed by atoms with E-state index in [1.165, 1.54) is 11.3 Å². The highest BCUT2D eigenvalue weighted by atomic mass is 32.1. The van der Waals surface area contributed by atoms with Crippen molar-refractivity contribution in [2.24, 2.45) is 0 Å². The van der Waals surface area contributed by atoms with Crippen LogP contribution in [0.5, 0.6) is 11.5 Å². The third-order valence-electron chi connectivity index (χ3n) is 3.71. The molecule has 0 unspecified atom stereocenters. The van der Waals surface area contributed by atoms with Gasteiger partial charge in [0.2, 0.25) is 0 Å². The van der Waals surface area contributed by atoms with Crippen LogP contribution in [-0.2, 0) is 0 Å². The van der Waals surface area contributed by atoms with E-state index in [4.69, 9.17) is 9.47 Å². The molecule has 3 rings (SSSR count). The number of allylic oxidation sites excluding steroid dienone is 1. The highest BCUT2D eigenvalue weighted by Crippen LogP contribution is 2.27.